The van der Waals surface area contributed by atoms with Gasteiger partial charge in [0, 0.05) is 25.5 Å². The summed E-state index contributed by atoms with van der Waals surface area (Å²) >= 11 is 6.06. The van der Waals surface area contributed by atoms with E-state index in [2.05, 4.69) is 37.6 Å². The summed E-state index contributed by atoms with van der Waals surface area (Å²) < 4.78 is 6.75. The highest BCUT2D eigenvalue weighted by molar-refractivity contribution is 6.30. The van der Waals surface area contributed by atoms with Gasteiger partial charge in [-0.25, -0.2) is 9.48 Å². The number of hydrogen-bond acceptors (Lipinski definition) is 9. The van der Waals surface area contributed by atoms with Crippen molar-refractivity contribution in [3.63, 3.8) is 0 Å². The van der Waals surface area contributed by atoms with Crippen LogP contribution in [0.1, 0.15) is 26.7 Å². The summed E-state index contributed by atoms with van der Waals surface area (Å²) in [5, 5.41) is 22.6. The number of halogens is 1. The van der Waals surface area contributed by atoms with Crippen molar-refractivity contribution in [3.8, 4) is 17.5 Å². The average Bonchev–Trinajstić information content (AvgIpc) is 3.19. The average molecular weight is 511 g/mol. The fourth-order valence-electron chi connectivity index (χ4n) is 3.43. The van der Waals surface area contributed by atoms with Crippen LogP contribution in [-0.4, -0.2) is 50.6 Å². The fourth-order valence-corrected chi connectivity index (χ4v) is 3.65. The van der Waals surface area contributed by atoms with Gasteiger partial charge < -0.3 is 10.1 Å². The van der Waals surface area contributed by atoms with Gasteiger partial charge in [-0.05, 0) is 32.7 Å². The molecule has 0 saturated heterocycles. The molecule has 13 heteroatoms. The van der Waals surface area contributed by atoms with E-state index >= 15 is 0 Å². The molecule has 2 amide bonds. The molecule has 0 radical (unpaired) electrons. The second-order valence-corrected chi connectivity index (χ2v) is 8.32. The Morgan fingerprint density at radius 3 is 2.67 bits per heavy atom. The highest BCUT2D eigenvalue weighted by Gasteiger charge is 2.50. The first-order valence-electron chi connectivity index (χ1n) is 10.7. The number of aromatic nitrogens is 4. The van der Waals surface area contributed by atoms with Gasteiger partial charge in [0.05, 0.1) is 23.6 Å². The lowest BCUT2D eigenvalue weighted by atomic mass is 9.68. The monoisotopic (exact) mass is 510 g/mol. The van der Waals surface area contributed by atoms with Crippen molar-refractivity contribution < 1.29 is 19.1 Å². The molecule has 1 saturated carbocycles. The largest absolute Gasteiger partial charge is 0.441 e. The molecular weight excluding hydrogens is 488 g/mol. The molecule has 12 nitrogen and oxygen atoms in total. The lowest BCUT2D eigenvalue weighted by Crippen LogP contribution is -2.46. The molecule has 0 bridgehead atoms. The topological polar surface area (TPSA) is 164 Å². The zero-order chi connectivity index (χ0) is 26.5. The van der Waals surface area contributed by atoms with Crippen LogP contribution in [0.3, 0.4) is 0 Å². The number of hydrogen-bond donors (Lipinski definition) is 2. The van der Waals surface area contributed by atoms with Gasteiger partial charge in [0.15, 0.2) is 11.5 Å². The van der Waals surface area contributed by atoms with Gasteiger partial charge in [-0.1, -0.05) is 29.0 Å². The summed E-state index contributed by atoms with van der Waals surface area (Å²) in [7, 11) is 1.58. The van der Waals surface area contributed by atoms with Crippen molar-refractivity contribution in [3.05, 3.63) is 41.2 Å². The number of pyridine rings is 1. The first-order valence-corrected chi connectivity index (χ1v) is 11.1. The van der Waals surface area contributed by atoms with Crippen LogP contribution in [0, 0.1) is 16.7 Å². The van der Waals surface area contributed by atoms with Gasteiger partial charge in [0.1, 0.15) is 22.5 Å². The summed E-state index contributed by atoms with van der Waals surface area (Å²) in [5.41, 5.74) is 0.0694. The molecule has 36 heavy (non-hydrogen) atoms. The van der Waals surface area contributed by atoms with Crippen molar-refractivity contribution >= 4 is 47.6 Å². The van der Waals surface area contributed by atoms with E-state index in [1.807, 2.05) is 6.07 Å². The first kappa shape index (κ1) is 26.2. The van der Waals surface area contributed by atoms with Crippen molar-refractivity contribution in [2.24, 2.45) is 17.5 Å². The lowest BCUT2D eigenvalue weighted by molar-refractivity contribution is -0.139. The number of amides is 2. The number of nitrogens with one attached hydrogen (secondary N) is 2. The Labute approximate surface area is 211 Å². The minimum atomic E-state index is -1.34. The van der Waals surface area contributed by atoms with Crippen LogP contribution in [0.15, 0.2) is 46.2 Å². The Morgan fingerprint density at radius 1 is 1.39 bits per heavy atom. The maximum absolute atomic E-state index is 12.6. The quantitative estimate of drug-likeness (QED) is 0.310. The number of aryl methyl sites for hydroxylation is 1. The molecule has 0 aliphatic heterocycles. The molecule has 1 aliphatic rings. The summed E-state index contributed by atoms with van der Waals surface area (Å²) in [6, 6.07) is 5.04. The van der Waals surface area contributed by atoms with Crippen LogP contribution in [0.5, 0.6) is 0 Å². The number of nitriles is 1. The number of aliphatic imine (C=N–C) groups is 1. The number of ketones is 1. The van der Waals surface area contributed by atoms with Crippen LogP contribution < -0.4 is 10.6 Å². The highest BCUT2D eigenvalue weighted by Crippen LogP contribution is 2.38. The van der Waals surface area contributed by atoms with Crippen molar-refractivity contribution in [1.82, 2.24) is 20.0 Å². The zero-order valence-electron chi connectivity index (χ0n) is 19.8. The molecule has 1 aliphatic carbocycles. The standard InChI is InChI=1S/C23H23ClN8O4/c1-5-6-16(19(24)26-3)13(2)36-22(35)29-20-18(30-31-32(20)4)17-8-7-14(11-27-17)28-21(34)23(12-25)9-15(33)10-23/h5-8,11,13H,3,9-10H2,1-2,4H3,(H,28,34)(H,29,35)/b6-5-,19-16+/t13-/m1/s1. The number of Topliss-reactive ketones (excluding diaryl/α,β-unsaturated/α-hetero) is 1. The van der Waals surface area contributed by atoms with Crippen LogP contribution in [0.2, 0.25) is 0 Å². The predicted octanol–water partition coefficient (Wildman–Crippen LogP) is 3.35. The second-order valence-electron chi connectivity index (χ2n) is 7.96. The van der Waals surface area contributed by atoms with E-state index in [9.17, 15) is 19.6 Å². The van der Waals surface area contributed by atoms with Gasteiger partial charge in [-0.15, -0.1) is 5.10 Å². The number of nitrogens with zero attached hydrogens (tertiary/aromatic N) is 6. The third kappa shape index (κ3) is 5.47. The smallest absolute Gasteiger partial charge is 0.413 e. The molecule has 0 unspecified atom stereocenters. The molecule has 0 aromatic carbocycles. The maximum Gasteiger partial charge on any atom is 0.413 e. The molecule has 2 N–H and O–H groups in total. The summed E-state index contributed by atoms with van der Waals surface area (Å²) in [5.74, 6) is -0.473. The number of ether oxygens (including phenoxy) is 1. The summed E-state index contributed by atoms with van der Waals surface area (Å²) in [6.45, 7) is 6.80. The number of anilines is 2. The van der Waals surface area contributed by atoms with Crippen molar-refractivity contribution in [1.29, 1.82) is 5.26 Å². The Balaban J connectivity index is 1.72. The van der Waals surface area contributed by atoms with Crippen LogP contribution in [0.25, 0.3) is 11.4 Å². The fraction of sp³-hybridized carbons (Fsp3) is 0.304. The minimum absolute atomic E-state index is 0.105. The van der Waals surface area contributed by atoms with E-state index in [4.69, 9.17) is 16.3 Å². The molecule has 2 aromatic heterocycles. The third-order valence-corrected chi connectivity index (χ3v) is 5.74. The van der Waals surface area contributed by atoms with Gasteiger partial charge in [-0.2, -0.15) is 5.26 Å². The Hall–Kier alpha value is -4.37. The second kappa shape index (κ2) is 10.9. The van der Waals surface area contributed by atoms with Crippen molar-refractivity contribution in [2.75, 3.05) is 10.6 Å². The van der Waals surface area contributed by atoms with Gasteiger partial charge >= 0.3 is 6.09 Å². The SMILES string of the molecule is C=N/C(Cl)=C(\C=C/C)[C@@H](C)OC(=O)Nc1c(-c2ccc(NC(=O)C3(C#N)CC(=O)C3)cn2)nnn1C. The van der Waals surface area contributed by atoms with E-state index in [1.54, 1.807) is 45.2 Å². The zero-order valence-corrected chi connectivity index (χ0v) is 20.5. The third-order valence-electron chi connectivity index (χ3n) is 5.40. The number of carbonyl (C=O) groups is 3. The summed E-state index contributed by atoms with van der Waals surface area (Å²) in [6.07, 6.45) is 3.04. The highest BCUT2D eigenvalue weighted by atomic mass is 35.5. The van der Waals surface area contributed by atoms with E-state index in [0.29, 0.717) is 17.0 Å². The molecule has 1 atom stereocenters. The molecule has 2 aromatic rings. The Bertz CT molecular complexity index is 1300. The first-order chi connectivity index (χ1) is 17.1. The van der Waals surface area contributed by atoms with E-state index in [1.165, 1.54) is 10.9 Å². The lowest BCUT2D eigenvalue weighted by Gasteiger charge is -2.31. The number of carbonyl (C=O) groups excluding carboxylic acids is 3. The Morgan fingerprint density at radius 2 is 2.11 bits per heavy atom. The van der Waals surface area contributed by atoms with Crippen LogP contribution in [0.4, 0.5) is 16.3 Å². The van der Waals surface area contributed by atoms with E-state index in [0.717, 1.165) is 0 Å². The van der Waals surface area contributed by atoms with Crippen LogP contribution in [-0.2, 0) is 21.4 Å². The van der Waals surface area contributed by atoms with Crippen LogP contribution >= 0.6 is 11.6 Å². The van der Waals surface area contributed by atoms with Crippen molar-refractivity contribution in [2.45, 2.75) is 32.8 Å². The molecule has 0 spiro atoms. The van der Waals surface area contributed by atoms with Gasteiger partial charge in [0.2, 0.25) is 5.91 Å². The maximum atomic E-state index is 12.6. The Kier molecular flexibility index (Phi) is 7.96. The van der Waals surface area contributed by atoms with E-state index in [-0.39, 0.29) is 35.3 Å². The molecule has 1 fully saturated rings. The molecule has 3 rings (SSSR count). The summed E-state index contributed by atoms with van der Waals surface area (Å²) in [4.78, 5) is 44.3. The number of rotatable bonds is 8. The minimum Gasteiger partial charge on any atom is -0.441 e. The predicted molar refractivity (Wildman–Crippen MR) is 132 cm³/mol. The van der Waals surface area contributed by atoms with Gasteiger partial charge in [-0.3, -0.25) is 24.9 Å². The number of allylic oxidation sites excluding steroid dienone is 1. The molecule has 2 heterocycles. The van der Waals surface area contributed by atoms with Gasteiger partial charge in [0.25, 0.3) is 0 Å². The molecular formula is C23H23ClN8O4. The molecule has 186 valence electrons. The normalized spacial score (nSPS) is 15.8. The van der Waals surface area contributed by atoms with E-state index < -0.39 is 23.5 Å².